The zero-order valence-corrected chi connectivity index (χ0v) is 10.3. The molecular weight excluding hydrogens is 269 g/mol. The van der Waals surface area contributed by atoms with Crippen LogP contribution >= 0.6 is 0 Å². The summed E-state index contributed by atoms with van der Waals surface area (Å²) in [6.07, 6.45) is 0. The van der Waals surface area contributed by atoms with Gasteiger partial charge < -0.3 is 5.11 Å². The van der Waals surface area contributed by atoms with Gasteiger partial charge in [-0.15, -0.1) is 0 Å². The normalized spacial score (nSPS) is 11.3. The van der Waals surface area contributed by atoms with Gasteiger partial charge in [-0.1, -0.05) is 42.5 Å². The first-order chi connectivity index (χ1) is 9.45. The van der Waals surface area contributed by atoms with E-state index in [1.54, 1.807) is 30.3 Å². The quantitative estimate of drug-likeness (QED) is 0.915. The fourth-order valence-electron chi connectivity index (χ4n) is 1.90. The molecule has 0 amide bonds. The van der Waals surface area contributed by atoms with Gasteiger partial charge >= 0.3 is 11.9 Å². The van der Waals surface area contributed by atoms with E-state index < -0.39 is 24.1 Å². The number of carboxylic acid groups (broad SMARTS) is 1. The zero-order chi connectivity index (χ0) is 14.8. The van der Waals surface area contributed by atoms with Crippen LogP contribution in [0.5, 0.6) is 0 Å². The molecule has 0 radical (unpaired) electrons. The number of carboxylic acids is 1. The van der Waals surface area contributed by atoms with E-state index in [9.17, 15) is 18.0 Å². The van der Waals surface area contributed by atoms with Crippen LogP contribution in [-0.4, -0.2) is 17.8 Å². The molecular formula is C15H11F3O2. The zero-order valence-electron chi connectivity index (χ0n) is 10.3. The molecule has 0 saturated carbocycles. The average Bonchev–Trinajstić information content (AvgIpc) is 2.47. The molecule has 0 saturated heterocycles. The van der Waals surface area contributed by atoms with Crippen molar-refractivity contribution in [3.05, 3.63) is 59.7 Å². The van der Waals surface area contributed by atoms with E-state index in [-0.39, 0.29) is 5.56 Å². The van der Waals surface area contributed by atoms with E-state index in [2.05, 4.69) is 0 Å². The van der Waals surface area contributed by atoms with Gasteiger partial charge in [-0.25, -0.2) is 9.18 Å². The lowest BCUT2D eigenvalue weighted by Crippen LogP contribution is -2.17. The lowest BCUT2D eigenvalue weighted by Gasteiger charge is -2.15. The van der Waals surface area contributed by atoms with Crippen molar-refractivity contribution >= 4 is 5.97 Å². The predicted molar refractivity (Wildman–Crippen MR) is 68.7 cm³/mol. The summed E-state index contributed by atoms with van der Waals surface area (Å²) in [5.74, 6) is -5.01. The third-order valence-corrected chi connectivity index (χ3v) is 2.92. The van der Waals surface area contributed by atoms with Crippen molar-refractivity contribution < 1.29 is 23.1 Å². The number of rotatable bonds is 4. The lowest BCUT2D eigenvalue weighted by molar-refractivity contribution is -0.0281. The maximum absolute atomic E-state index is 13.3. The van der Waals surface area contributed by atoms with Crippen molar-refractivity contribution in [2.45, 2.75) is 5.92 Å². The highest BCUT2D eigenvalue weighted by molar-refractivity contribution is 5.96. The molecule has 0 spiro atoms. The topological polar surface area (TPSA) is 37.3 Å². The van der Waals surface area contributed by atoms with Crippen LogP contribution in [0.1, 0.15) is 15.9 Å². The van der Waals surface area contributed by atoms with Crippen LogP contribution in [0.4, 0.5) is 13.2 Å². The van der Waals surface area contributed by atoms with Crippen molar-refractivity contribution in [3.8, 4) is 11.1 Å². The Bertz CT molecular complexity index is 624. The second-order valence-electron chi connectivity index (χ2n) is 4.27. The second-order valence-corrected chi connectivity index (χ2v) is 4.27. The van der Waals surface area contributed by atoms with Crippen LogP contribution in [0.3, 0.4) is 0 Å². The summed E-state index contributed by atoms with van der Waals surface area (Å²) in [7, 11) is 0. The maximum atomic E-state index is 13.3. The Morgan fingerprint density at radius 3 is 2.30 bits per heavy atom. The molecule has 0 atom stereocenters. The second kappa shape index (κ2) is 5.36. The summed E-state index contributed by atoms with van der Waals surface area (Å²) >= 11 is 0. The Hall–Kier alpha value is -2.30. The number of aromatic carboxylic acids is 1. The summed E-state index contributed by atoms with van der Waals surface area (Å²) in [6.45, 7) is -1.86. The van der Waals surface area contributed by atoms with Gasteiger partial charge in [-0.05, 0) is 17.2 Å². The Morgan fingerprint density at radius 1 is 1.10 bits per heavy atom. The number of hydrogen-bond donors (Lipinski definition) is 1. The Balaban J connectivity index is 2.58. The molecule has 2 rings (SSSR count). The van der Waals surface area contributed by atoms with Crippen LogP contribution in [0, 0.1) is 0 Å². The number of hydrogen-bond acceptors (Lipinski definition) is 1. The van der Waals surface area contributed by atoms with Crippen LogP contribution in [0.2, 0.25) is 0 Å². The van der Waals surface area contributed by atoms with Gasteiger partial charge in [0.2, 0.25) is 0 Å². The molecule has 2 aromatic carbocycles. The molecule has 2 nitrogen and oxygen atoms in total. The van der Waals surface area contributed by atoms with E-state index in [4.69, 9.17) is 5.11 Å². The third kappa shape index (κ3) is 2.66. The Labute approximate surface area is 113 Å². The molecule has 0 fully saturated rings. The molecule has 5 heteroatoms. The fraction of sp³-hybridized carbons (Fsp3) is 0.133. The highest BCUT2D eigenvalue weighted by atomic mass is 19.3. The first kappa shape index (κ1) is 14.1. The molecule has 2 aromatic rings. The van der Waals surface area contributed by atoms with Gasteiger partial charge in [0, 0.05) is 5.56 Å². The monoisotopic (exact) mass is 280 g/mol. The van der Waals surface area contributed by atoms with E-state index >= 15 is 0 Å². The molecule has 0 aliphatic carbocycles. The van der Waals surface area contributed by atoms with Crippen LogP contribution < -0.4 is 0 Å². The summed E-state index contributed by atoms with van der Waals surface area (Å²) in [5.41, 5.74) is -0.00423. The molecule has 0 heterocycles. The number of alkyl halides is 3. The Kier molecular flexibility index (Phi) is 3.79. The summed E-state index contributed by atoms with van der Waals surface area (Å²) < 4.78 is 38.9. The van der Waals surface area contributed by atoms with Gasteiger partial charge in [0.25, 0.3) is 0 Å². The van der Waals surface area contributed by atoms with Gasteiger partial charge in [0.1, 0.15) is 0 Å². The van der Waals surface area contributed by atoms with Crippen LogP contribution in [0.15, 0.2) is 48.5 Å². The number of halogens is 3. The third-order valence-electron chi connectivity index (χ3n) is 2.92. The van der Waals surface area contributed by atoms with Crippen molar-refractivity contribution in [2.75, 3.05) is 6.67 Å². The van der Waals surface area contributed by atoms with E-state index in [0.29, 0.717) is 11.1 Å². The standard InChI is InChI=1S/C15H11F3O2/c16-9-15(17,18)11-6-7-12(13(8-11)14(19)20)10-4-2-1-3-5-10/h1-8H,9H2,(H,19,20). The van der Waals surface area contributed by atoms with Gasteiger partial charge in [0.05, 0.1) is 5.56 Å². The maximum Gasteiger partial charge on any atom is 0.336 e. The smallest absolute Gasteiger partial charge is 0.336 e. The summed E-state index contributed by atoms with van der Waals surface area (Å²) in [5, 5.41) is 9.15. The SMILES string of the molecule is O=C(O)c1cc(C(F)(F)CF)ccc1-c1ccccc1. The molecule has 0 bridgehead atoms. The largest absolute Gasteiger partial charge is 0.478 e. The van der Waals surface area contributed by atoms with Gasteiger partial charge in [-0.2, -0.15) is 8.78 Å². The van der Waals surface area contributed by atoms with E-state index in [1.807, 2.05) is 0 Å². The predicted octanol–water partition coefficient (Wildman–Crippen LogP) is 4.11. The Morgan fingerprint density at radius 2 is 1.75 bits per heavy atom. The van der Waals surface area contributed by atoms with Crippen molar-refractivity contribution in [1.82, 2.24) is 0 Å². The van der Waals surface area contributed by atoms with E-state index in [0.717, 1.165) is 12.1 Å². The lowest BCUT2D eigenvalue weighted by atomic mass is 9.96. The molecule has 0 aliphatic rings. The van der Waals surface area contributed by atoms with Crippen LogP contribution in [-0.2, 0) is 5.92 Å². The minimum atomic E-state index is -3.68. The molecule has 0 aliphatic heterocycles. The summed E-state index contributed by atoms with van der Waals surface area (Å²) in [4.78, 5) is 11.2. The van der Waals surface area contributed by atoms with E-state index in [1.165, 1.54) is 6.07 Å². The average molecular weight is 280 g/mol. The first-order valence-electron chi connectivity index (χ1n) is 5.83. The van der Waals surface area contributed by atoms with Gasteiger partial charge in [-0.3, -0.25) is 0 Å². The van der Waals surface area contributed by atoms with Crippen LogP contribution in [0.25, 0.3) is 11.1 Å². The molecule has 20 heavy (non-hydrogen) atoms. The number of carbonyl (C=O) groups is 1. The fourth-order valence-corrected chi connectivity index (χ4v) is 1.90. The summed E-state index contributed by atoms with van der Waals surface area (Å²) in [6, 6.07) is 11.7. The molecule has 104 valence electrons. The van der Waals surface area contributed by atoms with Crippen molar-refractivity contribution in [3.63, 3.8) is 0 Å². The first-order valence-corrected chi connectivity index (χ1v) is 5.83. The molecule has 0 unspecified atom stereocenters. The van der Waals surface area contributed by atoms with Gasteiger partial charge in [0.15, 0.2) is 6.67 Å². The highest BCUT2D eigenvalue weighted by Crippen LogP contribution is 2.32. The minimum Gasteiger partial charge on any atom is -0.478 e. The molecule has 0 aromatic heterocycles. The number of benzene rings is 2. The van der Waals surface area contributed by atoms with Crippen molar-refractivity contribution in [1.29, 1.82) is 0 Å². The minimum absolute atomic E-state index is 0.276. The van der Waals surface area contributed by atoms with Crippen molar-refractivity contribution in [2.24, 2.45) is 0 Å². The molecule has 1 N–H and O–H groups in total. The highest BCUT2D eigenvalue weighted by Gasteiger charge is 2.32.